The van der Waals surface area contributed by atoms with Gasteiger partial charge in [-0.05, 0) is 80.5 Å². The van der Waals surface area contributed by atoms with Gasteiger partial charge in [-0.3, -0.25) is 4.79 Å². The van der Waals surface area contributed by atoms with E-state index in [9.17, 15) is 4.79 Å². The molecule has 0 aliphatic carbocycles. The zero-order chi connectivity index (χ0) is 22.9. The Morgan fingerprint density at radius 1 is 1.12 bits per heavy atom. The molecule has 3 aromatic rings. The molecule has 6 nitrogen and oxygen atoms in total. The van der Waals surface area contributed by atoms with E-state index < -0.39 is 0 Å². The number of benzene rings is 2. The highest BCUT2D eigenvalue weighted by molar-refractivity contribution is 5.99. The normalized spacial score (nSPS) is 21.8. The molecule has 2 atom stereocenters. The lowest BCUT2D eigenvalue weighted by molar-refractivity contribution is -0.136. The third-order valence-corrected chi connectivity index (χ3v) is 6.86. The summed E-state index contributed by atoms with van der Waals surface area (Å²) in [7, 11) is 1.67. The number of carbonyl (C=O) groups is 1. The number of hydrogen-bond acceptors (Lipinski definition) is 4. The van der Waals surface area contributed by atoms with Crippen LogP contribution in [0.3, 0.4) is 0 Å². The van der Waals surface area contributed by atoms with Gasteiger partial charge in [0.15, 0.2) is 0 Å². The zero-order valence-electron chi connectivity index (χ0n) is 19.2. The molecule has 170 valence electrons. The van der Waals surface area contributed by atoms with Crippen molar-refractivity contribution in [2.45, 2.75) is 51.1 Å². The molecule has 2 aliphatic rings. The molecule has 5 rings (SSSR count). The molecule has 0 unspecified atom stereocenters. The maximum Gasteiger partial charge on any atom is 0.250 e. The van der Waals surface area contributed by atoms with Gasteiger partial charge < -0.3 is 19.9 Å². The van der Waals surface area contributed by atoms with E-state index in [1.807, 2.05) is 54.1 Å². The summed E-state index contributed by atoms with van der Waals surface area (Å²) in [4.78, 5) is 20.1. The van der Waals surface area contributed by atoms with Gasteiger partial charge in [0.25, 0.3) is 5.91 Å². The van der Waals surface area contributed by atoms with Crippen molar-refractivity contribution in [1.82, 2.24) is 14.5 Å². The molecule has 1 amide bonds. The largest absolute Gasteiger partial charge is 0.495 e. The van der Waals surface area contributed by atoms with Crippen LogP contribution >= 0.6 is 0 Å². The Bertz CT molecular complexity index is 1200. The van der Waals surface area contributed by atoms with E-state index in [1.165, 1.54) is 5.56 Å². The van der Waals surface area contributed by atoms with Gasteiger partial charge in [0.05, 0.1) is 30.9 Å². The quantitative estimate of drug-likeness (QED) is 0.452. The maximum absolute atomic E-state index is 13.6. The molecule has 1 aromatic heterocycles. The van der Waals surface area contributed by atoms with Crippen LogP contribution in [0.1, 0.15) is 55.0 Å². The first-order valence-corrected chi connectivity index (χ1v) is 11.6. The Morgan fingerprint density at radius 2 is 1.94 bits per heavy atom. The van der Waals surface area contributed by atoms with Crippen molar-refractivity contribution in [3.8, 4) is 11.4 Å². The first kappa shape index (κ1) is 21.3. The van der Waals surface area contributed by atoms with E-state index in [4.69, 9.17) is 10.5 Å². The van der Waals surface area contributed by atoms with Gasteiger partial charge in [0.2, 0.25) is 0 Å². The number of methoxy groups -OCH3 is 1. The molecule has 6 heteroatoms. The average molecular weight is 443 g/mol. The summed E-state index contributed by atoms with van der Waals surface area (Å²) in [5, 5.41) is 0. The molecule has 0 spiro atoms. The van der Waals surface area contributed by atoms with Gasteiger partial charge in [-0.15, -0.1) is 0 Å². The number of nitrogens with two attached hydrogens (primary N) is 1. The molecule has 3 heterocycles. The average Bonchev–Trinajstić information content (AvgIpc) is 3.27. The van der Waals surface area contributed by atoms with Gasteiger partial charge in [0, 0.05) is 23.5 Å². The fraction of sp³-hybridized carbons (Fsp3) is 0.333. The number of hydrogen-bond donors (Lipinski definition) is 1. The minimum absolute atomic E-state index is 0.113. The van der Waals surface area contributed by atoms with E-state index in [0.29, 0.717) is 6.04 Å². The Kier molecular flexibility index (Phi) is 5.67. The predicted molar refractivity (Wildman–Crippen MR) is 130 cm³/mol. The van der Waals surface area contributed by atoms with Crippen molar-refractivity contribution < 1.29 is 9.53 Å². The highest BCUT2D eigenvalue weighted by Crippen LogP contribution is 2.41. The first-order valence-electron chi connectivity index (χ1n) is 11.6. The van der Waals surface area contributed by atoms with Crippen LogP contribution in [-0.4, -0.2) is 33.5 Å². The fourth-order valence-electron chi connectivity index (χ4n) is 5.20. The maximum atomic E-state index is 13.6. The van der Waals surface area contributed by atoms with Crippen LogP contribution in [0.25, 0.3) is 11.8 Å². The summed E-state index contributed by atoms with van der Waals surface area (Å²) < 4.78 is 7.60. The number of ether oxygens (including phenoxy) is 1. The third-order valence-electron chi connectivity index (χ3n) is 6.86. The number of anilines is 1. The minimum Gasteiger partial charge on any atom is -0.495 e. The Balaban J connectivity index is 1.44. The molecule has 2 aliphatic heterocycles. The molecule has 2 fully saturated rings. The van der Waals surface area contributed by atoms with Crippen LogP contribution in [0.4, 0.5) is 5.69 Å². The third kappa shape index (κ3) is 4.13. The molecule has 0 saturated carbocycles. The predicted octanol–water partition coefficient (Wildman–Crippen LogP) is 5.07. The Morgan fingerprint density at radius 3 is 2.67 bits per heavy atom. The lowest BCUT2D eigenvalue weighted by Crippen LogP contribution is -2.49. The van der Waals surface area contributed by atoms with Gasteiger partial charge in [0.1, 0.15) is 5.75 Å². The Hall–Kier alpha value is -3.54. The van der Waals surface area contributed by atoms with Gasteiger partial charge >= 0.3 is 0 Å². The van der Waals surface area contributed by atoms with Crippen molar-refractivity contribution in [1.29, 1.82) is 0 Å². The second-order valence-electron chi connectivity index (χ2n) is 9.04. The molecule has 2 saturated heterocycles. The lowest BCUT2D eigenvalue weighted by atomic mass is 9.84. The van der Waals surface area contributed by atoms with Crippen LogP contribution in [0.15, 0.2) is 60.6 Å². The summed E-state index contributed by atoms with van der Waals surface area (Å²) in [5.41, 5.74) is 11.5. The van der Waals surface area contributed by atoms with Gasteiger partial charge in [-0.1, -0.05) is 18.2 Å². The zero-order valence-corrected chi connectivity index (χ0v) is 19.2. The highest BCUT2D eigenvalue weighted by Gasteiger charge is 2.39. The molecule has 0 radical (unpaired) electrons. The van der Waals surface area contributed by atoms with E-state index in [1.54, 1.807) is 13.4 Å². The topological polar surface area (TPSA) is 73.4 Å². The highest BCUT2D eigenvalue weighted by atomic mass is 16.5. The second kappa shape index (κ2) is 8.77. The van der Waals surface area contributed by atoms with Gasteiger partial charge in [-0.2, -0.15) is 0 Å². The lowest BCUT2D eigenvalue weighted by Gasteiger charge is -2.46. The van der Waals surface area contributed by atoms with E-state index in [-0.39, 0.29) is 11.9 Å². The SMILES string of the molecule is COc1cc(C=C2CC[C@@H]3CCC[C@@H](c4ccc(N)cc4)N3C2=O)ccc1-n1cnc(C)c1. The van der Waals surface area contributed by atoms with E-state index in [0.717, 1.165) is 66.1 Å². The number of fused-ring (bicyclic) bond motifs is 1. The van der Waals surface area contributed by atoms with Crippen LogP contribution in [-0.2, 0) is 4.79 Å². The first-order chi connectivity index (χ1) is 16.0. The van der Waals surface area contributed by atoms with Crippen molar-refractivity contribution in [3.05, 3.63) is 77.4 Å². The molecular weight excluding hydrogens is 412 g/mol. The van der Waals surface area contributed by atoms with Crippen LogP contribution in [0.5, 0.6) is 5.75 Å². The number of rotatable bonds is 4. The molecule has 33 heavy (non-hydrogen) atoms. The molecule has 2 aromatic carbocycles. The number of imidazole rings is 1. The van der Waals surface area contributed by atoms with Crippen LogP contribution in [0.2, 0.25) is 0 Å². The van der Waals surface area contributed by atoms with E-state index >= 15 is 0 Å². The van der Waals surface area contributed by atoms with Crippen molar-refractivity contribution >= 4 is 17.7 Å². The Labute approximate surface area is 194 Å². The van der Waals surface area contributed by atoms with Gasteiger partial charge in [-0.25, -0.2) is 4.98 Å². The second-order valence-corrected chi connectivity index (χ2v) is 9.04. The number of aromatic nitrogens is 2. The van der Waals surface area contributed by atoms with Crippen molar-refractivity contribution in [3.63, 3.8) is 0 Å². The molecule has 0 bridgehead atoms. The summed E-state index contributed by atoms with van der Waals surface area (Å²) in [6, 6.07) is 14.5. The van der Waals surface area contributed by atoms with Crippen molar-refractivity contribution in [2.24, 2.45) is 0 Å². The number of nitrogens with zero attached hydrogens (tertiary/aromatic N) is 3. The fourth-order valence-corrected chi connectivity index (χ4v) is 5.20. The standard InChI is InChI=1S/C27H30N4O2/c1-18-16-30(17-29-18)25-13-6-19(15-26(25)33-2)14-21-9-12-23-4-3-5-24(31(23)27(21)32)20-7-10-22(28)11-8-20/h6-8,10-11,13-17,23-24H,3-5,9,12,28H2,1-2H3/t23-,24-/m0/s1. The van der Waals surface area contributed by atoms with E-state index in [2.05, 4.69) is 22.0 Å². The monoisotopic (exact) mass is 442 g/mol. The van der Waals surface area contributed by atoms with Crippen molar-refractivity contribution in [2.75, 3.05) is 12.8 Å². The summed E-state index contributed by atoms with van der Waals surface area (Å²) in [5.74, 6) is 0.904. The molecule has 2 N–H and O–H groups in total. The number of amides is 1. The minimum atomic E-state index is 0.113. The van der Waals surface area contributed by atoms with Crippen LogP contribution < -0.4 is 10.5 Å². The van der Waals surface area contributed by atoms with Crippen LogP contribution in [0, 0.1) is 6.92 Å². The number of nitrogen functional groups attached to an aromatic ring is 1. The number of aryl methyl sites for hydroxylation is 1. The smallest absolute Gasteiger partial charge is 0.250 e. The summed E-state index contributed by atoms with van der Waals surface area (Å²) in [6.45, 7) is 1.96. The molecular formula is C27H30N4O2. The number of carbonyl (C=O) groups excluding carboxylic acids is 1. The number of piperidine rings is 2. The summed E-state index contributed by atoms with van der Waals surface area (Å²) >= 11 is 0. The summed E-state index contributed by atoms with van der Waals surface area (Å²) in [6.07, 6.45) is 10.8.